The fraction of sp³-hybridized carbons (Fsp3) is 0.467. The van der Waals surface area contributed by atoms with E-state index < -0.39 is 0 Å². The van der Waals surface area contributed by atoms with Crippen LogP contribution in [0.15, 0.2) is 24.3 Å². The van der Waals surface area contributed by atoms with Crippen LogP contribution in [-0.2, 0) is 22.5 Å². The zero-order valence-corrected chi connectivity index (χ0v) is 12.1. The molecule has 5 nitrogen and oxygen atoms in total. The summed E-state index contributed by atoms with van der Waals surface area (Å²) in [7, 11) is 1.66. The number of fused-ring (bicyclic) bond motifs is 1. The van der Waals surface area contributed by atoms with Gasteiger partial charge in [0, 0.05) is 26.7 Å². The van der Waals surface area contributed by atoms with Gasteiger partial charge in [0.2, 0.25) is 5.91 Å². The van der Waals surface area contributed by atoms with Crippen LogP contribution >= 0.6 is 0 Å². The van der Waals surface area contributed by atoms with Crippen molar-refractivity contribution in [2.75, 3.05) is 20.3 Å². The van der Waals surface area contributed by atoms with Crippen LogP contribution in [0.2, 0.25) is 0 Å². The zero-order chi connectivity index (χ0) is 14.4. The van der Waals surface area contributed by atoms with Crippen LogP contribution in [-0.4, -0.2) is 35.7 Å². The Morgan fingerprint density at radius 2 is 2.20 bits per heavy atom. The number of nitrogens with one attached hydrogen (secondary N) is 1. The molecule has 1 aromatic carbocycles. The van der Waals surface area contributed by atoms with Crippen LogP contribution < -0.4 is 5.32 Å². The van der Waals surface area contributed by atoms with Gasteiger partial charge in [-0.3, -0.25) is 4.79 Å². The lowest BCUT2D eigenvalue weighted by Crippen LogP contribution is -2.29. The monoisotopic (exact) mass is 275 g/mol. The topological polar surface area (TPSA) is 56.2 Å². The molecule has 0 atom stereocenters. The minimum Gasteiger partial charge on any atom is -0.385 e. The number of imidazole rings is 1. The van der Waals surface area contributed by atoms with Crippen molar-refractivity contribution in [3.8, 4) is 0 Å². The number of aryl methyl sites for hydroxylation is 1. The van der Waals surface area contributed by atoms with E-state index in [1.165, 1.54) is 0 Å². The number of ether oxygens (including phenoxy) is 1. The van der Waals surface area contributed by atoms with Gasteiger partial charge in [-0.15, -0.1) is 0 Å². The molecule has 1 N–H and O–H groups in total. The zero-order valence-electron chi connectivity index (χ0n) is 12.1. The molecule has 0 saturated heterocycles. The van der Waals surface area contributed by atoms with Crippen LogP contribution in [0.1, 0.15) is 19.2 Å². The van der Waals surface area contributed by atoms with E-state index in [1.54, 1.807) is 7.11 Å². The van der Waals surface area contributed by atoms with Crippen LogP contribution in [0, 0.1) is 0 Å². The summed E-state index contributed by atoms with van der Waals surface area (Å²) in [6.45, 7) is 3.67. The third-order valence-corrected chi connectivity index (χ3v) is 3.20. The first-order chi connectivity index (χ1) is 9.76. The summed E-state index contributed by atoms with van der Waals surface area (Å²) in [5, 5.41) is 2.90. The van der Waals surface area contributed by atoms with Gasteiger partial charge in [0.05, 0.1) is 11.0 Å². The Kier molecular flexibility index (Phi) is 5.12. The molecule has 0 aliphatic rings. The van der Waals surface area contributed by atoms with E-state index in [9.17, 15) is 4.79 Å². The Morgan fingerprint density at radius 3 is 2.95 bits per heavy atom. The summed E-state index contributed by atoms with van der Waals surface area (Å²) < 4.78 is 6.94. The van der Waals surface area contributed by atoms with Crippen LogP contribution in [0.3, 0.4) is 0 Å². The van der Waals surface area contributed by atoms with Gasteiger partial charge in [0.15, 0.2) is 0 Å². The second-order valence-corrected chi connectivity index (χ2v) is 4.65. The summed E-state index contributed by atoms with van der Waals surface area (Å²) >= 11 is 0. The molecule has 0 fully saturated rings. The predicted molar refractivity (Wildman–Crippen MR) is 78.6 cm³/mol. The highest BCUT2D eigenvalue weighted by molar-refractivity contribution is 5.81. The van der Waals surface area contributed by atoms with Gasteiger partial charge in [-0.25, -0.2) is 4.98 Å². The maximum absolute atomic E-state index is 12.0. The summed E-state index contributed by atoms with van der Waals surface area (Å²) in [5.41, 5.74) is 1.95. The number of para-hydroxylation sites is 2. The first-order valence-corrected chi connectivity index (χ1v) is 6.96. The molecule has 0 radical (unpaired) electrons. The second kappa shape index (κ2) is 7.05. The number of methoxy groups -OCH3 is 1. The standard InChI is InChI=1S/C15H21N3O2/c1-3-14-17-12-7-4-5-8-13(12)18(14)11-15(19)16-9-6-10-20-2/h4-5,7-8H,3,6,9-11H2,1-2H3,(H,16,19). The van der Waals surface area contributed by atoms with Gasteiger partial charge in [-0.1, -0.05) is 19.1 Å². The van der Waals surface area contributed by atoms with Gasteiger partial charge < -0.3 is 14.6 Å². The number of amides is 1. The number of hydrogen-bond donors (Lipinski definition) is 1. The first-order valence-electron chi connectivity index (χ1n) is 6.96. The van der Waals surface area contributed by atoms with E-state index in [1.807, 2.05) is 35.8 Å². The highest BCUT2D eigenvalue weighted by atomic mass is 16.5. The lowest BCUT2D eigenvalue weighted by Gasteiger charge is -2.09. The third kappa shape index (κ3) is 3.36. The molecule has 5 heteroatoms. The molecule has 1 heterocycles. The first kappa shape index (κ1) is 14.5. The number of carbonyl (C=O) groups is 1. The van der Waals surface area contributed by atoms with Crippen molar-refractivity contribution in [3.05, 3.63) is 30.1 Å². The van der Waals surface area contributed by atoms with Crippen LogP contribution in [0.5, 0.6) is 0 Å². The molecule has 1 amide bonds. The maximum atomic E-state index is 12.0. The lowest BCUT2D eigenvalue weighted by molar-refractivity contribution is -0.121. The highest BCUT2D eigenvalue weighted by Gasteiger charge is 2.11. The smallest absolute Gasteiger partial charge is 0.240 e. The molecule has 0 aliphatic carbocycles. The second-order valence-electron chi connectivity index (χ2n) is 4.65. The van der Waals surface area contributed by atoms with Crippen molar-refractivity contribution >= 4 is 16.9 Å². The van der Waals surface area contributed by atoms with Crippen molar-refractivity contribution in [3.63, 3.8) is 0 Å². The fourth-order valence-electron chi connectivity index (χ4n) is 2.22. The molecule has 2 rings (SSSR count). The fourth-order valence-corrected chi connectivity index (χ4v) is 2.22. The molecular weight excluding hydrogens is 254 g/mol. The van der Waals surface area contributed by atoms with E-state index >= 15 is 0 Å². The minimum absolute atomic E-state index is 0.0129. The van der Waals surface area contributed by atoms with E-state index in [0.29, 0.717) is 19.7 Å². The Balaban J connectivity index is 2.06. The number of benzene rings is 1. The van der Waals surface area contributed by atoms with Gasteiger partial charge in [0.1, 0.15) is 12.4 Å². The summed E-state index contributed by atoms with van der Waals surface area (Å²) in [5.74, 6) is 0.956. The molecule has 108 valence electrons. The van der Waals surface area contributed by atoms with Crippen molar-refractivity contribution in [2.45, 2.75) is 26.3 Å². The van der Waals surface area contributed by atoms with Crippen molar-refractivity contribution in [1.82, 2.24) is 14.9 Å². The molecule has 0 saturated carbocycles. The molecule has 0 aliphatic heterocycles. The highest BCUT2D eigenvalue weighted by Crippen LogP contribution is 2.16. The maximum Gasteiger partial charge on any atom is 0.240 e. The molecule has 0 bridgehead atoms. The Morgan fingerprint density at radius 1 is 1.40 bits per heavy atom. The number of aromatic nitrogens is 2. The summed E-state index contributed by atoms with van der Waals surface area (Å²) in [6.07, 6.45) is 1.64. The van der Waals surface area contributed by atoms with Gasteiger partial charge in [0.25, 0.3) is 0 Å². The summed E-state index contributed by atoms with van der Waals surface area (Å²) in [6, 6.07) is 7.90. The number of carbonyl (C=O) groups excluding carboxylic acids is 1. The molecule has 0 unspecified atom stereocenters. The van der Waals surface area contributed by atoms with E-state index in [-0.39, 0.29) is 5.91 Å². The summed E-state index contributed by atoms with van der Waals surface area (Å²) in [4.78, 5) is 16.5. The number of nitrogens with zero attached hydrogens (tertiary/aromatic N) is 2. The van der Waals surface area contributed by atoms with E-state index in [0.717, 1.165) is 29.7 Å². The lowest BCUT2D eigenvalue weighted by atomic mass is 10.3. The molecule has 20 heavy (non-hydrogen) atoms. The SMILES string of the molecule is CCc1nc2ccccc2n1CC(=O)NCCCOC. The number of rotatable bonds is 7. The van der Waals surface area contributed by atoms with E-state index in [4.69, 9.17) is 4.74 Å². The Hall–Kier alpha value is -1.88. The van der Waals surface area contributed by atoms with Crippen molar-refractivity contribution in [1.29, 1.82) is 0 Å². The molecule has 2 aromatic rings. The van der Waals surface area contributed by atoms with Gasteiger partial charge >= 0.3 is 0 Å². The van der Waals surface area contributed by atoms with Crippen molar-refractivity contribution in [2.24, 2.45) is 0 Å². The van der Waals surface area contributed by atoms with E-state index in [2.05, 4.69) is 10.3 Å². The molecular formula is C15H21N3O2. The largest absolute Gasteiger partial charge is 0.385 e. The number of hydrogen-bond acceptors (Lipinski definition) is 3. The van der Waals surface area contributed by atoms with Gasteiger partial charge in [-0.05, 0) is 18.6 Å². The molecule has 1 aromatic heterocycles. The minimum atomic E-state index is 0.0129. The average molecular weight is 275 g/mol. The van der Waals surface area contributed by atoms with Crippen molar-refractivity contribution < 1.29 is 9.53 Å². The van der Waals surface area contributed by atoms with Crippen LogP contribution in [0.25, 0.3) is 11.0 Å². The molecule has 0 spiro atoms. The Labute approximate surface area is 118 Å². The Bertz CT molecular complexity index is 578. The third-order valence-electron chi connectivity index (χ3n) is 3.20. The quantitative estimate of drug-likeness (QED) is 0.783. The normalized spacial score (nSPS) is 10.9. The van der Waals surface area contributed by atoms with Crippen LogP contribution in [0.4, 0.5) is 0 Å². The average Bonchev–Trinajstić information content (AvgIpc) is 2.82. The predicted octanol–water partition coefficient (Wildman–Crippen LogP) is 1.75. The van der Waals surface area contributed by atoms with Gasteiger partial charge in [-0.2, -0.15) is 0 Å².